The molecule has 0 saturated heterocycles. The van der Waals surface area contributed by atoms with Crippen LogP contribution in [0.1, 0.15) is 12.5 Å². The van der Waals surface area contributed by atoms with E-state index in [1.807, 2.05) is 36.4 Å². The number of rotatable bonds is 5. The summed E-state index contributed by atoms with van der Waals surface area (Å²) in [6, 6.07) is 13.2. The van der Waals surface area contributed by atoms with Gasteiger partial charge < -0.3 is 15.4 Å². The lowest BCUT2D eigenvalue weighted by Crippen LogP contribution is -2.07. The van der Waals surface area contributed by atoms with Crippen molar-refractivity contribution in [2.24, 2.45) is 0 Å². The quantitative estimate of drug-likeness (QED) is 0.880. The van der Waals surface area contributed by atoms with Crippen LogP contribution in [0.3, 0.4) is 0 Å². The summed E-state index contributed by atoms with van der Waals surface area (Å²) in [6.45, 7) is 2.12. The van der Waals surface area contributed by atoms with Gasteiger partial charge in [-0.05, 0) is 29.8 Å². The molecule has 2 N–H and O–H groups in total. The molecule has 0 radical (unpaired) electrons. The van der Waals surface area contributed by atoms with Crippen LogP contribution in [0, 0.1) is 0 Å². The summed E-state index contributed by atoms with van der Waals surface area (Å²) in [5, 5.41) is 6.73. The molecule has 1 amide bonds. The highest BCUT2D eigenvalue weighted by Crippen LogP contribution is 2.28. The SMILES string of the molecule is COc1cc(NCc2cccc(Cl)c2)ccc1NC(C)=O. The maximum atomic E-state index is 11.1. The van der Waals surface area contributed by atoms with E-state index in [1.165, 1.54) is 6.92 Å². The molecule has 0 aliphatic rings. The molecule has 0 aliphatic heterocycles. The van der Waals surface area contributed by atoms with E-state index in [2.05, 4.69) is 10.6 Å². The maximum absolute atomic E-state index is 11.1. The Hall–Kier alpha value is -2.20. The molecule has 2 rings (SSSR count). The molecule has 0 atom stereocenters. The molecule has 0 spiro atoms. The average molecular weight is 305 g/mol. The normalized spacial score (nSPS) is 10.0. The number of ether oxygens (including phenoxy) is 1. The highest BCUT2D eigenvalue weighted by atomic mass is 35.5. The number of carbonyl (C=O) groups is 1. The highest BCUT2D eigenvalue weighted by molar-refractivity contribution is 6.30. The van der Waals surface area contributed by atoms with E-state index in [9.17, 15) is 4.79 Å². The number of benzene rings is 2. The molecule has 2 aromatic carbocycles. The molecule has 21 heavy (non-hydrogen) atoms. The first kappa shape index (κ1) is 15.2. The number of halogens is 1. The smallest absolute Gasteiger partial charge is 0.221 e. The fraction of sp³-hybridized carbons (Fsp3) is 0.188. The number of methoxy groups -OCH3 is 1. The van der Waals surface area contributed by atoms with Gasteiger partial charge in [0.05, 0.1) is 12.8 Å². The van der Waals surface area contributed by atoms with Crippen molar-refractivity contribution >= 4 is 28.9 Å². The molecule has 0 saturated carbocycles. The molecule has 2 aromatic rings. The number of carbonyl (C=O) groups excluding carboxylic acids is 1. The number of hydrogen-bond acceptors (Lipinski definition) is 3. The monoisotopic (exact) mass is 304 g/mol. The van der Waals surface area contributed by atoms with Crippen molar-refractivity contribution in [1.29, 1.82) is 0 Å². The minimum absolute atomic E-state index is 0.132. The Balaban J connectivity index is 2.08. The average Bonchev–Trinajstić information content (AvgIpc) is 2.45. The second kappa shape index (κ2) is 6.99. The van der Waals surface area contributed by atoms with Crippen molar-refractivity contribution < 1.29 is 9.53 Å². The molecule has 0 heterocycles. The van der Waals surface area contributed by atoms with E-state index >= 15 is 0 Å². The Morgan fingerprint density at radius 1 is 1.24 bits per heavy atom. The van der Waals surface area contributed by atoms with E-state index in [-0.39, 0.29) is 5.91 Å². The standard InChI is InChI=1S/C16H17ClN2O2/c1-11(20)19-15-7-6-14(9-16(15)21-2)18-10-12-4-3-5-13(17)8-12/h3-9,18H,10H2,1-2H3,(H,19,20). The van der Waals surface area contributed by atoms with Gasteiger partial charge in [0.25, 0.3) is 0 Å². The third-order valence-electron chi connectivity index (χ3n) is 2.90. The lowest BCUT2D eigenvalue weighted by atomic mass is 10.2. The van der Waals surface area contributed by atoms with Gasteiger partial charge in [-0.2, -0.15) is 0 Å². The minimum atomic E-state index is -0.132. The zero-order chi connectivity index (χ0) is 15.2. The Morgan fingerprint density at radius 2 is 2.05 bits per heavy atom. The maximum Gasteiger partial charge on any atom is 0.221 e. The zero-order valence-corrected chi connectivity index (χ0v) is 12.7. The molecule has 0 aliphatic carbocycles. The zero-order valence-electron chi connectivity index (χ0n) is 11.9. The molecule has 4 nitrogen and oxygen atoms in total. The van der Waals surface area contributed by atoms with Crippen molar-refractivity contribution in [2.75, 3.05) is 17.7 Å². The van der Waals surface area contributed by atoms with Crippen LogP contribution in [0.15, 0.2) is 42.5 Å². The van der Waals surface area contributed by atoms with Gasteiger partial charge >= 0.3 is 0 Å². The van der Waals surface area contributed by atoms with Crippen LogP contribution < -0.4 is 15.4 Å². The van der Waals surface area contributed by atoms with Gasteiger partial charge in [0.15, 0.2) is 0 Å². The lowest BCUT2D eigenvalue weighted by Gasteiger charge is -2.12. The first-order chi connectivity index (χ1) is 10.1. The Kier molecular flexibility index (Phi) is 5.06. The van der Waals surface area contributed by atoms with E-state index in [4.69, 9.17) is 16.3 Å². The third-order valence-corrected chi connectivity index (χ3v) is 3.13. The van der Waals surface area contributed by atoms with Gasteiger partial charge in [0.2, 0.25) is 5.91 Å². The summed E-state index contributed by atoms with van der Waals surface area (Å²) in [7, 11) is 1.57. The molecule has 5 heteroatoms. The van der Waals surface area contributed by atoms with Crippen LogP contribution in [-0.2, 0) is 11.3 Å². The predicted molar refractivity (Wildman–Crippen MR) is 86.1 cm³/mol. The second-order valence-corrected chi connectivity index (χ2v) is 5.02. The number of hydrogen-bond donors (Lipinski definition) is 2. The van der Waals surface area contributed by atoms with E-state index in [0.29, 0.717) is 23.0 Å². The summed E-state index contributed by atoms with van der Waals surface area (Å²) in [5.74, 6) is 0.481. The lowest BCUT2D eigenvalue weighted by molar-refractivity contribution is -0.114. The van der Waals surface area contributed by atoms with Gasteiger partial charge in [-0.1, -0.05) is 23.7 Å². The van der Waals surface area contributed by atoms with E-state index in [1.54, 1.807) is 13.2 Å². The molecule has 110 valence electrons. The van der Waals surface area contributed by atoms with E-state index in [0.717, 1.165) is 11.3 Å². The minimum Gasteiger partial charge on any atom is -0.494 e. The van der Waals surface area contributed by atoms with Crippen LogP contribution in [-0.4, -0.2) is 13.0 Å². The van der Waals surface area contributed by atoms with Gasteiger partial charge in [0.1, 0.15) is 5.75 Å². The van der Waals surface area contributed by atoms with E-state index < -0.39 is 0 Å². The van der Waals surface area contributed by atoms with Crippen LogP contribution in [0.25, 0.3) is 0 Å². The topological polar surface area (TPSA) is 50.4 Å². The van der Waals surface area contributed by atoms with Crippen molar-refractivity contribution in [3.63, 3.8) is 0 Å². The van der Waals surface area contributed by atoms with Crippen molar-refractivity contribution in [2.45, 2.75) is 13.5 Å². The molecule has 0 aromatic heterocycles. The van der Waals surface area contributed by atoms with Gasteiger partial charge in [-0.25, -0.2) is 0 Å². The summed E-state index contributed by atoms with van der Waals surface area (Å²) in [4.78, 5) is 11.1. The third kappa shape index (κ3) is 4.39. The van der Waals surface area contributed by atoms with Crippen molar-refractivity contribution in [3.8, 4) is 5.75 Å². The summed E-state index contributed by atoms with van der Waals surface area (Å²) in [5.41, 5.74) is 2.65. The molecular formula is C16H17ClN2O2. The first-order valence-electron chi connectivity index (χ1n) is 6.52. The predicted octanol–water partition coefficient (Wildman–Crippen LogP) is 3.92. The van der Waals surface area contributed by atoms with Crippen LogP contribution in [0.2, 0.25) is 5.02 Å². The van der Waals surface area contributed by atoms with Crippen LogP contribution in [0.5, 0.6) is 5.75 Å². The van der Waals surface area contributed by atoms with Gasteiger partial charge in [0, 0.05) is 30.2 Å². The Labute approximate surface area is 129 Å². The van der Waals surface area contributed by atoms with Gasteiger partial charge in [-0.3, -0.25) is 4.79 Å². The molecule has 0 unspecified atom stereocenters. The van der Waals surface area contributed by atoms with Crippen LogP contribution in [0.4, 0.5) is 11.4 Å². The summed E-state index contributed by atoms with van der Waals surface area (Å²) < 4.78 is 5.28. The van der Waals surface area contributed by atoms with Crippen molar-refractivity contribution in [3.05, 3.63) is 53.1 Å². The summed E-state index contributed by atoms with van der Waals surface area (Å²) in [6.07, 6.45) is 0. The molecular weight excluding hydrogens is 288 g/mol. The van der Waals surface area contributed by atoms with Crippen LogP contribution >= 0.6 is 11.6 Å². The molecule has 0 fully saturated rings. The summed E-state index contributed by atoms with van der Waals surface area (Å²) >= 11 is 5.96. The largest absolute Gasteiger partial charge is 0.494 e. The fourth-order valence-electron chi connectivity index (χ4n) is 1.95. The second-order valence-electron chi connectivity index (χ2n) is 4.58. The number of amides is 1. The number of anilines is 2. The van der Waals surface area contributed by atoms with Crippen molar-refractivity contribution in [1.82, 2.24) is 0 Å². The first-order valence-corrected chi connectivity index (χ1v) is 6.90. The highest BCUT2D eigenvalue weighted by Gasteiger charge is 2.06. The fourth-order valence-corrected chi connectivity index (χ4v) is 2.16. The van der Waals surface area contributed by atoms with Gasteiger partial charge in [-0.15, -0.1) is 0 Å². The Morgan fingerprint density at radius 3 is 2.71 bits per heavy atom. The Bertz CT molecular complexity index is 644. The molecule has 0 bridgehead atoms. The number of nitrogens with one attached hydrogen (secondary N) is 2.